The third kappa shape index (κ3) is 6.80. The zero-order chi connectivity index (χ0) is 12.6. The van der Waals surface area contributed by atoms with Crippen molar-refractivity contribution < 1.29 is 9.90 Å². The number of aliphatic hydroxyl groups excluding tert-OH is 1. The first-order valence-corrected chi connectivity index (χ1v) is 6.06. The minimum Gasteiger partial charge on any atom is -0.394 e. The molecule has 0 aliphatic rings. The zero-order valence-corrected chi connectivity index (χ0v) is 11.0. The first-order chi connectivity index (χ1) is 7.43. The smallest absolute Gasteiger partial charge is 0.233 e. The lowest BCUT2D eigenvalue weighted by molar-refractivity contribution is -0.120. The molecular weight excluding hydrogens is 204 g/mol. The molecule has 0 fully saturated rings. The summed E-state index contributed by atoms with van der Waals surface area (Å²) in [5.74, 6) is 0.598. The molecule has 3 N–H and O–H groups in total. The highest BCUT2D eigenvalue weighted by atomic mass is 16.3. The number of aliphatic hydroxyl groups is 1. The van der Waals surface area contributed by atoms with Crippen LogP contribution in [0.15, 0.2) is 0 Å². The number of carbonyl (C=O) groups is 1. The summed E-state index contributed by atoms with van der Waals surface area (Å²) < 4.78 is 0. The quantitative estimate of drug-likeness (QED) is 0.580. The van der Waals surface area contributed by atoms with Crippen LogP contribution in [0.2, 0.25) is 0 Å². The Labute approximate surface area is 98.8 Å². The van der Waals surface area contributed by atoms with Crippen molar-refractivity contribution in [1.29, 1.82) is 0 Å². The third-order valence-corrected chi connectivity index (χ3v) is 2.85. The highest BCUT2D eigenvalue weighted by Gasteiger charge is 2.20. The van der Waals surface area contributed by atoms with Crippen molar-refractivity contribution in [3.63, 3.8) is 0 Å². The summed E-state index contributed by atoms with van der Waals surface area (Å²) in [6.07, 6.45) is 1.79. The predicted octanol–water partition coefficient (Wildman–Crippen LogP) is 0.899. The van der Waals surface area contributed by atoms with Gasteiger partial charge in [-0.1, -0.05) is 20.8 Å². The van der Waals surface area contributed by atoms with E-state index >= 15 is 0 Å². The van der Waals surface area contributed by atoms with Crippen LogP contribution in [0.4, 0.5) is 0 Å². The third-order valence-electron chi connectivity index (χ3n) is 2.85. The van der Waals surface area contributed by atoms with E-state index in [4.69, 9.17) is 5.11 Å². The molecule has 0 aliphatic carbocycles. The lowest BCUT2D eigenvalue weighted by atomic mass is 10.0. The Morgan fingerprint density at radius 1 is 1.44 bits per heavy atom. The summed E-state index contributed by atoms with van der Waals surface area (Å²) in [6, 6.07) is 0. The SMILES string of the molecule is CCC(C)(CO)NCC(=O)NCCC(C)C. The monoisotopic (exact) mass is 230 g/mol. The second-order valence-electron chi connectivity index (χ2n) is 4.96. The van der Waals surface area contributed by atoms with E-state index < -0.39 is 0 Å². The molecule has 0 saturated heterocycles. The normalized spacial score (nSPS) is 14.9. The van der Waals surface area contributed by atoms with E-state index in [0.717, 1.165) is 19.4 Å². The number of amides is 1. The van der Waals surface area contributed by atoms with Crippen LogP contribution in [0.1, 0.15) is 40.5 Å². The molecule has 0 radical (unpaired) electrons. The number of nitrogens with one attached hydrogen (secondary N) is 2. The van der Waals surface area contributed by atoms with Gasteiger partial charge in [0.25, 0.3) is 0 Å². The summed E-state index contributed by atoms with van der Waals surface area (Å²) in [6.45, 7) is 9.19. The lowest BCUT2D eigenvalue weighted by Crippen LogP contribution is -2.49. The van der Waals surface area contributed by atoms with E-state index in [1.165, 1.54) is 0 Å². The summed E-state index contributed by atoms with van der Waals surface area (Å²) >= 11 is 0. The maximum atomic E-state index is 11.4. The maximum Gasteiger partial charge on any atom is 0.233 e. The van der Waals surface area contributed by atoms with Crippen molar-refractivity contribution in [3.05, 3.63) is 0 Å². The van der Waals surface area contributed by atoms with Crippen molar-refractivity contribution in [2.45, 2.75) is 46.1 Å². The zero-order valence-electron chi connectivity index (χ0n) is 11.0. The highest BCUT2D eigenvalue weighted by molar-refractivity contribution is 5.78. The minimum atomic E-state index is -0.352. The summed E-state index contributed by atoms with van der Waals surface area (Å²) in [4.78, 5) is 11.4. The lowest BCUT2D eigenvalue weighted by Gasteiger charge is -2.26. The number of hydrogen-bond donors (Lipinski definition) is 3. The van der Waals surface area contributed by atoms with Gasteiger partial charge < -0.3 is 15.7 Å². The molecule has 0 aromatic rings. The fourth-order valence-electron chi connectivity index (χ4n) is 1.15. The Morgan fingerprint density at radius 2 is 2.06 bits per heavy atom. The summed E-state index contributed by atoms with van der Waals surface area (Å²) in [5.41, 5.74) is -0.352. The maximum absolute atomic E-state index is 11.4. The number of carbonyl (C=O) groups excluding carboxylic acids is 1. The molecule has 1 unspecified atom stereocenters. The Kier molecular flexibility index (Phi) is 7.34. The highest BCUT2D eigenvalue weighted by Crippen LogP contribution is 2.06. The summed E-state index contributed by atoms with van der Waals surface area (Å²) in [7, 11) is 0. The van der Waals surface area contributed by atoms with Gasteiger partial charge in [-0.25, -0.2) is 0 Å². The summed E-state index contributed by atoms with van der Waals surface area (Å²) in [5, 5.41) is 15.1. The molecule has 0 rings (SSSR count). The van der Waals surface area contributed by atoms with Gasteiger partial charge in [0.15, 0.2) is 0 Å². The Morgan fingerprint density at radius 3 is 2.50 bits per heavy atom. The van der Waals surface area contributed by atoms with E-state index in [1.807, 2.05) is 13.8 Å². The Balaban J connectivity index is 3.72. The van der Waals surface area contributed by atoms with E-state index in [0.29, 0.717) is 5.92 Å². The minimum absolute atomic E-state index is 0.00576. The molecule has 0 aromatic carbocycles. The van der Waals surface area contributed by atoms with E-state index in [-0.39, 0.29) is 24.6 Å². The number of hydrogen-bond acceptors (Lipinski definition) is 3. The first kappa shape index (κ1) is 15.4. The second-order valence-corrected chi connectivity index (χ2v) is 4.96. The molecule has 1 atom stereocenters. The first-order valence-electron chi connectivity index (χ1n) is 6.06. The van der Waals surface area contributed by atoms with Crippen molar-refractivity contribution in [2.75, 3.05) is 19.7 Å². The molecule has 0 saturated carbocycles. The van der Waals surface area contributed by atoms with Gasteiger partial charge in [-0.15, -0.1) is 0 Å². The molecule has 0 spiro atoms. The van der Waals surface area contributed by atoms with Crippen molar-refractivity contribution >= 4 is 5.91 Å². The van der Waals surface area contributed by atoms with Crippen LogP contribution in [-0.4, -0.2) is 36.2 Å². The molecule has 0 aliphatic heterocycles. The fourth-order valence-corrected chi connectivity index (χ4v) is 1.15. The van der Waals surface area contributed by atoms with Crippen molar-refractivity contribution in [3.8, 4) is 0 Å². The van der Waals surface area contributed by atoms with E-state index in [9.17, 15) is 4.79 Å². The van der Waals surface area contributed by atoms with E-state index in [2.05, 4.69) is 24.5 Å². The van der Waals surface area contributed by atoms with Gasteiger partial charge in [0.2, 0.25) is 5.91 Å². The van der Waals surface area contributed by atoms with Crippen LogP contribution in [0, 0.1) is 5.92 Å². The molecule has 1 amide bonds. The Hall–Kier alpha value is -0.610. The Bertz CT molecular complexity index is 201. The average Bonchev–Trinajstić information content (AvgIpc) is 2.25. The van der Waals surface area contributed by atoms with Gasteiger partial charge in [-0.05, 0) is 25.7 Å². The second kappa shape index (κ2) is 7.63. The van der Waals surface area contributed by atoms with Crippen LogP contribution in [-0.2, 0) is 4.79 Å². The topological polar surface area (TPSA) is 61.4 Å². The molecule has 16 heavy (non-hydrogen) atoms. The van der Waals surface area contributed by atoms with Gasteiger partial charge in [0.1, 0.15) is 0 Å². The van der Waals surface area contributed by atoms with E-state index in [1.54, 1.807) is 0 Å². The molecular formula is C12H26N2O2. The largest absolute Gasteiger partial charge is 0.394 e. The van der Waals surface area contributed by atoms with Gasteiger partial charge in [-0.2, -0.15) is 0 Å². The molecule has 0 aromatic heterocycles. The average molecular weight is 230 g/mol. The van der Waals surface area contributed by atoms with Gasteiger partial charge in [0, 0.05) is 12.1 Å². The predicted molar refractivity (Wildman–Crippen MR) is 66.2 cm³/mol. The molecule has 0 heterocycles. The van der Waals surface area contributed by atoms with Crippen LogP contribution < -0.4 is 10.6 Å². The fraction of sp³-hybridized carbons (Fsp3) is 0.917. The van der Waals surface area contributed by atoms with Gasteiger partial charge >= 0.3 is 0 Å². The molecule has 96 valence electrons. The van der Waals surface area contributed by atoms with Crippen LogP contribution >= 0.6 is 0 Å². The standard InChI is InChI=1S/C12H26N2O2/c1-5-12(4,9-15)14-8-11(16)13-7-6-10(2)3/h10,14-15H,5-9H2,1-4H3,(H,13,16). The van der Waals surface area contributed by atoms with Crippen molar-refractivity contribution in [1.82, 2.24) is 10.6 Å². The van der Waals surface area contributed by atoms with Gasteiger partial charge in [0.05, 0.1) is 13.2 Å². The molecule has 4 nitrogen and oxygen atoms in total. The van der Waals surface area contributed by atoms with Gasteiger partial charge in [-0.3, -0.25) is 4.79 Å². The molecule has 0 bridgehead atoms. The van der Waals surface area contributed by atoms with Crippen LogP contribution in [0.5, 0.6) is 0 Å². The molecule has 4 heteroatoms. The number of rotatable bonds is 8. The van der Waals surface area contributed by atoms with Crippen LogP contribution in [0.25, 0.3) is 0 Å². The van der Waals surface area contributed by atoms with Crippen LogP contribution in [0.3, 0.4) is 0 Å². The van der Waals surface area contributed by atoms with Crippen molar-refractivity contribution in [2.24, 2.45) is 5.92 Å².